The van der Waals surface area contributed by atoms with Crippen molar-refractivity contribution < 1.29 is 4.79 Å². The second-order valence-corrected chi connectivity index (χ2v) is 6.26. The quantitative estimate of drug-likeness (QED) is 0.861. The zero-order valence-corrected chi connectivity index (χ0v) is 11.4. The fraction of sp³-hybridized carbons (Fsp3) is 0.667. The fourth-order valence-corrected chi connectivity index (χ4v) is 2.79. The molecule has 2 heterocycles. The van der Waals surface area contributed by atoms with E-state index in [0.29, 0.717) is 0 Å². The minimum Gasteiger partial charge on any atom is -0.347 e. The van der Waals surface area contributed by atoms with Crippen LogP contribution in [0.25, 0.3) is 0 Å². The molecule has 0 radical (unpaired) electrons. The number of nitrogens with zero attached hydrogens (tertiary/aromatic N) is 1. The van der Waals surface area contributed by atoms with Gasteiger partial charge in [-0.2, -0.15) is 0 Å². The normalized spacial score (nSPS) is 25.8. The van der Waals surface area contributed by atoms with Crippen molar-refractivity contribution in [2.24, 2.45) is 5.41 Å². The van der Waals surface area contributed by atoms with E-state index >= 15 is 0 Å². The predicted octanol–water partition coefficient (Wildman–Crippen LogP) is 1.63. The van der Waals surface area contributed by atoms with Gasteiger partial charge in [-0.15, -0.1) is 11.3 Å². The maximum absolute atomic E-state index is 12.2. The average Bonchev–Trinajstić information content (AvgIpc) is 2.88. The monoisotopic (exact) mass is 253 g/mol. The first-order valence-electron chi connectivity index (χ1n) is 5.95. The third kappa shape index (κ3) is 2.66. The van der Waals surface area contributed by atoms with Gasteiger partial charge in [-0.05, 0) is 33.7 Å². The Hall–Kier alpha value is -0.940. The summed E-state index contributed by atoms with van der Waals surface area (Å²) in [4.78, 5) is 17.7. The van der Waals surface area contributed by atoms with Crippen LogP contribution in [0.5, 0.6) is 0 Å². The molecular weight excluding hydrogens is 234 g/mol. The van der Waals surface area contributed by atoms with Gasteiger partial charge in [0, 0.05) is 17.6 Å². The number of rotatable bonds is 3. The number of hydrogen-bond acceptors (Lipinski definition) is 4. The summed E-state index contributed by atoms with van der Waals surface area (Å²) in [5.74, 6) is 0.128. The number of carbonyl (C=O) groups excluding carboxylic acids is 1. The van der Waals surface area contributed by atoms with Crippen molar-refractivity contribution in [2.75, 3.05) is 13.1 Å². The SMILES string of the molecule is Cc1cnc(C(C)NC(=O)C2(C)CCNC2)s1. The number of hydrogen-bond donors (Lipinski definition) is 2. The van der Waals surface area contributed by atoms with E-state index in [1.54, 1.807) is 11.3 Å². The zero-order valence-electron chi connectivity index (χ0n) is 10.5. The average molecular weight is 253 g/mol. The number of nitrogens with one attached hydrogen (secondary N) is 2. The highest BCUT2D eigenvalue weighted by Crippen LogP contribution is 2.26. The molecule has 2 rings (SSSR count). The number of amides is 1. The molecule has 1 aromatic heterocycles. The summed E-state index contributed by atoms with van der Waals surface area (Å²) in [6.07, 6.45) is 2.75. The largest absolute Gasteiger partial charge is 0.347 e. The van der Waals surface area contributed by atoms with E-state index in [1.165, 1.54) is 4.88 Å². The summed E-state index contributed by atoms with van der Waals surface area (Å²) in [6, 6.07) is -0.00127. The third-order valence-electron chi connectivity index (χ3n) is 3.27. The number of carbonyl (C=O) groups is 1. The van der Waals surface area contributed by atoms with Crippen molar-refractivity contribution in [3.05, 3.63) is 16.1 Å². The van der Waals surface area contributed by atoms with E-state index in [0.717, 1.165) is 24.5 Å². The molecule has 4 nitrogen and oxygen atoms in total. The van der Waals surface area contributed by atoms with E-state index in [9.17, 15) is 4.79 Å². The molecule has 0 saturated carbocycles. The molecule has 1 aliphatic heterocycles. The Bertz CT molecular complexity index is 410. The molecule has 2 atom stereocenters. The second-order valence-electron chi connectivity index (χ2n) is 4.99. The Balaban J connectivity index is 1.99. The Morgan fingerprint density at radius 1 is 1.71 bits per heavy atom. The minimum absolute atomic E-state index is 0.00127. The van der Waals surface area contributed by atoms with Crippen LogP contribution in [0.3, 0.4) is 0 Å². The van der Waals surface area contributed by atoms with Gasteiger partial charge in [0.25, 0.3) is 0 Å². The van der Waals surface area contributed by atoms with Crippen LogP contribution in [0.2, 0.25) is 0 Å². The van der Waals surface area contributed by atoms with Gasteiger partial charge in [0.15, 0.2) is 0 Å². The molecule has 0 aliphatic carbocycles. The summed E-state index contributed by atoms with van der Waals surface area (Å²) < 4.78 is 0. The first-order valence-corrected chi connectivity index (χ1v) is 6.77. The lowest BCUT2D eigenvalue weighted by atomic mass is 9.88. The molecule has 17 heavy (non-hydrogen) atoms. The molecule has 1 fully saturated rings. The summed E-state index contributed by atoms with van der Waals surface area (Å²) in [7, 11) is 0. The zero-order chi connectivity index (χ0) is 12.5. The predicted molar refractivity (Wildman–Crippen MR) is 69.0 cm³/mol. The molecular formula is C12H19N3OS. The van der Waals surface area contributed by atoms with Crippen LogP contribution < -0.4 is 10.6 Å². The molecule has 94 valence electrons. The van der Waals surface area contributed by atoms with E-state index in [4.69, 9.17) is 0 Å². The molecule has 0 bridgehead atoms. The van der Waals surface area contributed by atoms with Gasteiger partial charge in [-0.1, -0.05) is 0 Å². The Kier molecular flexibility index (Phi) is 3.49. The lowest BCUT2D eigenvalue weighted by molar-refractivity contribution is -0.129. The molecule has 0 aromatic carbocycles. The lowest BCUT2D eigenvalue weighted by Gasteiger charge is -2.23. The van der Waals surface area contributed by atoms with Gasteiger partial charge in [-0.25, -0.2) is 4.98 Å². The van der Waals surface area contributed by atoms with Crippen LogP contribution in [0.4, 0.5) is 0 Å². The van der Waals surface area contributed by atoms with Crippen molar-refractivity contribution in [1.82, 2.24) is 15.6 Å². The smallest absolute Gasteiger partial charge is 0.227 e. The standard InChI is InChI=1S/C12H19N3OS/c1-8-6-14-10(17-8)9(2)15-11(16)12(3)4-5-13-7-12/h6,9,13H,4-5,7H2,1-3H3,(H,15,16). The van der Waals surface area contributed by atoms with Crippen LogP contribution in [0, 0.1) is 12.3 Å². The van der Waals surface area contributed by atoms with Gasteiger partial charge >= 0.3 is 0 Å². The first kappa shape index (κ1) is 12.5. The van der Waals surface area contributed by atoms with Crippen molar-refractivity contribution in [1.29, 1.82) is 0 Å². The number of aryl methyl sites for hydroxylation is 1. The molecule has 1 saturated heterocycles. The molecule has 2 unspecified atom stereocenters. The van der Waals surface area contributed by atoms with Crippen molar-refractivity contribution >= 4 is 17.2 Å². The van der Waals surface area contributed by atoms with E-state index < -0.39 is 0 Å². The maximum Gasteiger partial charge on any atom is 0.227 e. The highest BCUT2D eigenvalue weighted by Gasteiger charge is 2.36. The third-order valence-corrected chi connectivity index (χ3v) is 4.37. The number of thiazole rings is 1. The highest BCUT2D eigenvalue weighted by atomic mass is 32.1. The molecule has 2 N–H and O–H groups in total. The van der Waals surface area contributed by atoms with Crippen molar-refractivity contribution in [2.45, 2.75) is 33.2 Å². The molecule has 1 amide bonds. The molecule has 1 aliphatic rings. The minimum atomic E-state index is -0.263. The van der Waals surface area contributed by atoms with Crippen LogP contribution in [-0.4, -0.2) is 24.0 Å². The summed E-state index contributed by atoms with van der Waals surface area (Å²) in [5.41, 5.74) is -0.263. The van der Waals surface area contributed by atoms with E-state index in [-0.39, 0.29) is 17.4 Å². The van der Waals surface area contributed by atoms with E-state index in [2.05, 4.69) is 15.6 Å². The summed E-state index contributed by atoms with van der Waals surface area (Å²) >= 11 is 1.64. The van der Waals surface area contributed by atoms with Gasteiger partial charge in [0.1, 0.15) is 5.01 Å². The van der Waals surface area contributed by atoms with E-state index in [1.807, 2.05) is 27.0 Å². The second kappa shape index (κ2) is 4.74. The molecule has 5 heteroatoms. The molecule has 1 aromatic rings. The van der Waals surface area contributed by atoms with Gasteiger partial charge in [-0.3, -0.25) is 4.79 Å². The topological polar surface area (TPSA) is 54.0 Å². The summed E-state index contributed by atoms with van der Waals surface area (Å²) in [6.45, 7) is 7.72. The maximum atomic E-state index is 12.2. The molecule has 0 spiro atoms. The van der Waals surface area contributed by atoms with Crippen LogP contribution in [0.15, 0.2) is 6.20 Å². The Morgan fingerprint density at radius 3 is 3.00 bits per heavy atom. The fourth-order valence-electron chi connectivity index (χ4n) is 2.02. The van der Waals surface area contributed by atoms with Crippen LogP contribution >= 0.6 is 11.3 Å². The van der Waals surface area contributed by atoms with Gasteiger partial charge in [0.05, 0.1) is 11.5 Å². The Labute approximate surface area is 106 Å². The number of aromatic nitrogens is 1. The van der Waals surface area contributed by atoms with Crippen LogP contribution in [0.1, 0.15) is 36.2 Å². The van der Waals surface area contributed by atoms with Crippen molar-refractivity contribution in [3.8, 4) is 0 Å². The van der Waals surface area contributed by atoms with Gasteiger partial charge < -0.3 is 10.6 Å². The van der Waals surface area contributed by atoms with Gasteiger partial charge in [0.2, 0.25) is 5.91 Å². The lowest BCUT2D eigenvalue weighted by Crippen LogP contribution is -2.41. The summed E-state index contributed by atoms with van der Waals surface area (Å²) in [5, 5.41) is 7.28. The highest BCUT2D eigenvalue weighted by molar-refractivity contribution is 7.11. The van der Waals surface area contributed by atoms with Crippen LogP contribution in [-0.2, 0) is 4.79 Å². The van der Waals surface area contributed by atoms with Crippen molar-refractivity contribution in [3.63, 3.8) is 0 Å². The Morgan fingerprint density at radius 2 is 2.47 bits per heavy atom. The first-order chi connectivity index (χ1) is 8.01.